The smallest absolute Gasteiger partial charge is 0.256 e. The van der Waals surface area contributed by atoms with Crippen molar-refractivity contribution in [3.63, 3.8) is 0 Å². The minimum Gasteiger partial charge on any atom is -0.337 e. The minimum absolute atomic E-state index is 0. The van der Waals surface area contributed by atoms with Crippen molar-refractivity contribution in [1.82, 2.24) is 10.2 Å². The van der Waals surface area contributed by atoms with E-state index in [0.717, 1.165) is 18.4 Å². The number of amides is 1. The maximum atomic E-state index is 13.7. The molecule has 0 aromatic heterocycles. The van der Waals surface area contributed by atoms with Crippen LogP contribution in [0.1, 0.15) is 28.8 Å². The number of carbonyl (C=O) groups excluding carboxylic acids is 1. The number of hydrogen-bond acceptors (Lipinski definition) is 2. The molecule has 1 aromatic rings. The van der Waals surface area contributed by atoms with Crippen LogP contribution in [0.5, 0.6) is 0 Å². The molecule has 0 saturated carbocycles. The third-order valence-electron chi connectivity index (χ3n) is 3.47. The molecular formula is C14H20ClFN2O. The fraction of sp³-hybridized carbons (Fsp3) is 0.500. The molecule has 0 bridgehead atoms. The summed E-state index contributed by atoms with van der Waals surface area (Å²) in [5.41, 5.74) is 1.09. The fourth-order valence-electron chi connectivity index (χ4n) is 2.37. The van der Waals surface area contributed by atoms with Crippen LogP contribution in [0.25, 0.3) is 0 Å². The predicted octanol–water partition coefficient (Wildman–Crippen LogP) is 2.38. The number of rotatable bonds is 2. The lowest BCUT2D eigenvalue weighted by Gasteiger charge is -2.32. The quantitative estimate of drug-likeness (QED) is 0.905. The van der Waals surface area contributed by atoms with Gasteiger partial charge in [0.15, 0.2) is 0 Å². The number of likely N-dealkylation sites (N-methyl/N-ethyl adjacent to an activating group) is 1. The Morgan fingerprint density at radius 1 is 1.47 bits per heavy atom. The van der Waals surface area contributed by atoms with Crippen LogP contribution in [-0.2, 0) is 0 Å². The number of aryl methyl sites for hydroxylation is 1. The summed E-state index contributed by atoms with van der Waals surface area (Å²) in [7, 11) is 1.89. The summed E-state index contributed by atoms with van der Waals surface area (Å²) in [4.78, 5) is 14.0. The first-order chi connectivity index (χ1) is 8.61. The van der Waals surface area contributed by atoms with Gasteiger partial charge in [-0.3, -0.25) is 4.79 Å². The third kappa shape index (κ3) is 3.67. The number of nitrogens with one attached hydrogen (secondary N) is 1. The van der Waals surface area contributed by atoms with Gasteiger partial charge in [-0.2, -0.15) is 0 Å². The Morgan fingerprint density at radius 2 is 2.21 bits per heavy atom. The van der Waals surface area contributed by atoms with Crippen LogP contribution in [-0.4, -0.2) is 37.0 Å². The maximum absolute atomic E-state index is 13.7. The lowest BCUT2D eigenvalue weighted by molar-refractivity contribution is 0.0693. The molecular weight excluding hydrogens is 267 g/mol. The van der Waals surface area contributed by atoms with Crippen LogP contribution in [0.15, 0.2) is 18.2 Å². The van der Waals surface area contributed by atoms with Gasteiger partial charge in [-0.25, -0.2) is 4.39 Å². The molecule has 1 saturated heterocycles. The molecule has 1 unspecified atom stereocenters. The zero-order chi connectivity index (χ0) is 13.1. The SMILES string of the molecule is CNC1CCCN(C(=O)c2cc(C)ccc2F)C1.Cl. The Hall–Kier alpha value is -1.13. The molecule has 0 spiro atoms. The van der Waals surface area contributed by atoms with Crippen LogP contribution < -0.4 is 5.32 Å². The number of benzene rings is 1. The second kappa shape index (κ2) is 6.87. The van der Waals surface area contributed by atoms with Gasteiger partial charge in [0.1, 0.15) is 5.82 Å². The third-order valence-corrected chi connectivity index (χ3v) is 3.47. The second-order valence-corrected chi connectivity index (χ2v) is 4.86. The number of nitrogens with zero attached hydrogens (tertiary/aromatic N) is 1. The predicted molar refractivity (Wildman–Crippen MR) is 76.4 cm³/mol. The summed E-state index contributed by atoms with van der Waals surface area (Å²) < 4.78 is 13.7. The lowest BCUT2D eigenvalue weighted by Crippen LogP contribution is -2.47. The van der Waals surface area contributed by atoms with Gasteiger partial charge in [0.05, 0.1) is 5.56 Å². The van der Waals surface area contributed by atoms with Gasteiger partial charge < -0.3 is 10.2 Å². The fourth-order valence-corrected chi connectivity index (χ4v) is 2.37. The molecule has 1 atom stereocenters. The van der Waals surface area contributed by atoms with Crippen LogP contribution in [0, 0.1) is 12.7 Å². The average molecular weight is 287 g/mol. The molecule has 5 heteroatoms. The molecule has 1 fully saturated rings. The Bertz CT molecular complexity index is 453. The molecule has 1 aliphatic heterocycles. The average Bonchev–Trinajstić information content (AvgIpc) is 2.41. The number of piperidine rings is 1. The first-order valence-corrected chi connectivity index (χ1v) is 6.34. The van der Waals surface area contributed by atoms with Crippen LogP contribution in [0.4, 0.5) is 4.39 Å². The van der Waals surface area contributed by atoms with E-state index in [2.05, 4.69) is 5.32 Å². The highest BCUT2D eigenvalue weighted by Crippen LogP contribution is 2.17. The summed E-state index contributed by atoms with van der Waals surface area (Å²) in [6, 6.07) is 4.98. The molecule has 1 amide bonds. The number of hydrogen-bond donors (Lipinski definition) is 1. The first kappa shape index (κ1) is 15.9. The van der Waals surface area contributed by atoms with E-state index in [0.29, 0.717) is 19.1 Å². The number of likely N-dealkylation sites (tertiary alicyclic amines) is 1. The van der Waals surface area contributed by atoms with Crippen molar-refractivity contribution in [1.29, 1.82) is 0 Å². The largest absolute Gasteiger partial charge is 0.337 e. The normalized spacial score (nSPS) is 18.9. The molecule has 1 N–H and O–H groups in total. The molecule has 3 nitrogen and oxygen atoms in total. The summed E-state index contributed by atoms with van der Waals surface area (Å²) >= 11 is 0. The Kier molecular flexibility index (Phi) is 5.76. The summed E-state index contributed by atoms with van der Waals surface area (Å²) in [6.07, 6.45) is 2.03. The van der Waals surface area contributed by atoms with Crippen molar-refractivity contribution < 1.29 is 9.18 Å². The maximum Gasteiger partial charge on any atom is 0.256 e. The lowest BCUT2D eigenvalue weighted by atomic mass is 10.0. The second-order valence-electron chi connectivity index (χ2n) is 4.86. The first-order valence-electron chi connectivity index (χ1n) is 6.34. The molecule has 0 aliphatic carbocycles. The highest BCUT2D eigenvalue weighted by Gasteiger charge is 2.25. The summed E-state index contributed by atoms with van der Waals surface area (Å²) in [5.74, 6) is -0.631. The van der Waals surface area contributed by atoms with Gasteiger partial charge in [0.2, 0.25) is 0 Å². The zero-order valence-electron chi connectivity index (χ0n) is 11.3. The van der Waals surface area contributed by atoms with E-state index in [9.17, 15) is 9.18 Å². The van der Waals surface area contributed by atoms with Crippen LogP contribution in [0.2, 0.25) is 0 Å². The van der Waals surface area contributed by atoms with Gasteiger partial charge in [-0.15, -0.1) is 12.4 Å². The number of halogens is 2. The van der Waals surface area contributed by atoms with E-state index in [1.807, 2.05) is 14.0 Å². The van der Waals surface area contributed by atoms with Crippen molar-refractivity contribution in [3.8, 4) is 0 Å². The minimum atomic E-state index is -0.433. The summed E-state index contributed by atoms with van der Waals surface area (Å²) in [6.45, 7) is 3.23. The van der Waals surface area contributed by atoms with Gasteiger partial charge >= 0.3 is 0 Å². The molecule has 19 heavy (non-hydrogen) atoms. The number of carbonyl (C=O) groups is 1. The van der Waals surface area contributed by atoms with E-state index in [1.165, 1.54) is 6.07 Å². The molecule has 1 heterocycles. The van der Waals surface area contributed by atoms with Gasteiger partial charge in [-0.05, 0) is 38.9 Å². The van der Waals surface area contributed by atoms with Crippen LogP contribution >= 0.6 is 12.4 Å². The van der Waals surface area contributed by atoms with Crippen molar-refractivity contribution in [2.75, 3.05) is 20.1 Å². The zero-order valence-corrected chi connectivity index (χ0v) is 12.1. The topological polar surface area (TPSA) is 32.3 Å². The van der Waals surface area contributed by atoms with E-state index in [1.54, 1.807) is 17.0 Å². The standard InChI is InChI=1S/C14H19FN2O.ClH/c1-10-5-6-13(15)12(8-10)14(18)17-7-3-4-11(9-17)16-2;/h5-6,8,11,16H,3-4,7,9H2,1-2H3;1H. The summed E-state index contributed by atoms with van der Waals surface area (Å²) in [5, 5.41) is 3.18. The van der Waals surface area contributed by atoms with E-state index in [-0.39, 0.29) is 23.9 Å². The Labute approximate surface area is 119 Å². The Morgan fingerprint density at radius 3 is 2.89 bits per heavy atom. The highest BCUT2D eigenvalue weighted by molar-refractivity contribution is 5.94. The van der Waals surface area contributed by atoms with Gasteiger partial charge in [0, 0.05) is 19.1 Å². The molecule has 2 rings (SSSR count). The van der Waals surface area contributed by atoms with E-state index in [4.69, 9.17) is 0 Å². The van der Waals surface area contributed by atoms with Crippen molar-refractivity contribution in [2.45, 2.75) is 25.8 Å². The molecule has 1 aromatic carbocycles. The van der Waals surface area contributed by atoms with Crippen molar-refractivity contribution >= 4 is 18.3 Å². The molecule has 0 radical (unpaired) electrons. The molecule has 106 valence electrons. The molecule has 1 aliphatic rings. The van der Waals surface area contributed by atoms with Crippen LogP contribution in [0.3, 0.4) is 0 Å². The van der Waals surface area contributed by atoms with Crippen molar-refractivity contribution in [3.05, 3.63) is 35.1 Å². The van der Waals surface area contributed by atoms with Crippen molar-refractivity contribution in [2.24, 2.45) is 0 Å². The van der Waals surface area contributed by atoms with E-state index < -0.39 is 5.82 Å². The van der Waals surface area contributed by atoms with Gasteiger partial charge in [0.25, 0.3) is 5.91 Å². The van der Waals surface area contributed by atoms with E-state index >= 15 is 0 Å². The monoisotopic (exact) mass is 286 g/mol. The highest BCUT2D eigenvalue weighted by atomic mass is 35.5. The Balaban J connectivity index is 0.00000180. The van der Waals surface area contributed by atoms with Gasteiger partial charge in [-0.1, -0.05) is 11.6 Å².